The lowest BCUT2D eigenvalue weighted by molar-refractivity contribution is -0.140. The number of aryl methyl sites for hydroxylation is 3. The third-order valence-electron chi connectivity index (χ3n) is 7.35. The minimum atomic E-state index is -4.10. The molecule has 0 unspecified atom stereocenters. The number of nitrogens with zero attached hydrogens (tertiary/aromatic N) is 2. The van der Waals surface area contributed by atoms with Crippen LogP contribution in [-0.2, 0) is 32.6 Å². The number of carbonyl (C=O) groups excluding carboxylic acids is 2. The molecule has 0 aromatic heterocycles. The summed E-state index contributed by atoms with van der Waals surface area (Å²) in [6, 6.07) is 20.8. The molecule has 0 fully saturated rings. The molecule has 3 aromatic carbocycles. The summed E-state index contributed by atoms with van der Waals surface area (Å²) >= 11 is 0. The molecule has 0 aliphatic rings. The topological polar surface area (TPSA) is 86.8 Å². The molecule has 0 bridgehead atoms. The molecule has 0 saturated carbocycles. The highest BCUT2D eigenvalue weighted by Crippen LogP contribution is 2.28. The van der Waals surface area contributed by atoms with E-state index in [0.717, 1.165) is 28.7 Å². The van der Waals surface area contributed by atoms with Crippen LogP contribution in [0, 0.1) is 13.8 Å². The van der Waals surface area contributed by atoms with Gasteiger partial charge < -0.3 is 10.2 Å². The van der Waals surface area contributed by atoms with E-state index in [2.05, 4.69) is 5.32 Å². The number of nitrogens with one attached hydrogen (secondary N) is 1. The first-order valence-corrected chi connectivity index (χ1v) is 15.8. The van der Waals surface area contributed by atoms with Crippen molar-refractivity contribution in [1.82, 2.24) is 10.2 Å². The van der Waals surface area contributed by atoms with Gasteiger partial charge in [-0.25, -0.2) is 8.42 Å². The zero-order valence-corrected chi connectivity index (χ0v) is 25.9. The number of carbonyl (C=O) groups is 2. The highest BCUT2D eigenvalue weighted by Gasteiger charge is 2.34. The minimum absolute atomic E-state index is 0.0534. The number of rotatable bonds is 13. The highest BCUT2D eigenvalue weighted by atomic mass is 32.2. The maximum Gasteiger partial charge on any atom is 0.264 e. The molecule has 1 N–H and O–H groups in total. The number of sulfonamides is 1. The number of para-hydroxylation sites is 1. The van der Waals surface area contributed by atoms with E-state index in [1.807, 2.05) is 77.9 Å². The van der Waals surface area contributed by atoms with E-state index in [-0.39, 0.29) is 23.4 Å². The number of anilines is 1. The van der Waals surface area contributed by atoms with E-state index in [0.29, 0.717) is 18.5 Å². The van der Waals surface area contributed by atoms with E-state index in [9.17, 15) is 18.0 Å². The van der Waals surface area contributed by atoms with Crippen molar-refractivity contribution in [3.8, 4) is 0 Å². The molecule has 7 nitrogen and oxygen atoms in total. The standard InChI is InChI=1S/C33H43N3O4S/c1-7-26(6)34-33(38)30(9-3)35(22-27-14-12-13-25(5)21-27)32(37)23-36(31-16-11-10-15-28(31)8-2)41(39,40)29-19-17-24(4)18-20-29/h10-21,26,30H,7-9,22-23H2,1-6H3,(H,34,38)/t26-,30+/m0/s1. The Morgan fingerprint density at radius 1 is 0.854 bits per heavy atom. The molecular weight excluding hydrogens is 534 g/mol. The van der Waals surface area contributed by atoms with Crippen LogP contribution in [0.3, 0.4) is 0 Å². The van der Waals surface area contributed by atoms with Crippen LogP contribution in [0.2, 0.25) is 0 Å². The molecule has 2 atom stereocenters. The largest absolute Gasteiger partial charge is 0.352 e. The van der Waals surface area contributed by atoms with E-state index >= 15 is 0 Å². The van der Waals surface area contributed by atoms with Gasteiger partial charge in [-0.3, -0.25) is 13.9 Å². The van der Waals surface area contributed by atoms with Crippen molar-refractivity contribution in [2.45, 2.75) is 84.3 Å². The summed E-state index contributed by atoms with van der Waals surface area (Å²) in [6.07, 6.45) is 1.73. The minimum Gasteiger partial charge on any atom is -0.352 e. The summed E-state index contributed by atoms with van der Waals surface area (Å²) in [5, 5.41) is 3.01. The Balaban J connectivity index is 2.10. The molecule has 0 spiro atoms. The van der Waals surface area contributed by atoms with Crippen LogP contribution < -0.4 is 9.62 Å². The van der Waals surface area contributed by atoms with E-state index in [1.165, 1.54) is 9.21 Å². The van der Waals surface area contributed by atoms with Gasteiger partial charge in [-0.15, -0.1) is 0 Å². The molecule has 3 aromatic rings. The van der Waals surface area contributed by atoms with Gasteiger partial charge in [0, 0.05) is 12.6 Å². The molecule has 220 valence electrons. The average Bonchev–Trinajstić information content (AvgIpc) is 2.95. The molecule has 0 heterocycles. The molecule has 8 heteroatoms. The molecule has 0 radical (unpaired) electrons. The lowest BCUT2D eigenvalue weighted by Gasteiger charge is -2.34. The SMILES string of the molecule is CCc1ccccc1N(CC(=O)N(Cc1cccc(C)c1)[C@H](CC)C(=O)N[C@@H](C)CC)S(=O)(=O)c1ccc(C)cc1. The predicted molar refractivity (Wildman–Crippen MR) is 165 cm³/mol. The van der Waals surface area contributed by atoms with Gasteiger partial charge in [0.15, 0.2) is 0 Å². The summed E-state index contributed by atoms with van der Waals surface area (Å²) in [5.41, 5.74) is 4.10. The average molecular weight is 578 g/mol. The summed E-state index contributed by atoms with van der Waals surface area (Å²) in [5.74, 6) is -0.691. The molecule has 0 aliphatic heterocycles. The maximum atomic E-state index is 14.2. The Morgan fingerprint density at radius 2 is 1.54 bits per heavy atom. The fourth-order valence-corrected chi connectivity index (χ4v) is 6.22. The first kappa shape index (κ1) is 31.9. The van der Waals surface area contributed by atoms with Gasteiger partial charge in [-0.2, -0.15) is 0 Å². The van der Waals surface area contributed by atoms with Crippen LogP contribution in [-0.4, -0.2) is 43.8 Å². The van der Waals surface area contributed by atoms with Crippen LogP contribution in [0.15, 0.2) is 77.7 Å². The third-order valence-corrected chi connectivity index (χ3v) is 9.13. The van der Waals surface area contributed by atoms with Crippen molar-refractivity contribution in [3.63, 3.8) is 0 Å². The third kappa shape index (κ3) is 7.97. The van der Waals surface area contributed by atoms with Crippen molar-refractivity contribution >= 4 is 27.5 Å². The molecule has 2 amide bonds. The molecular formula is C33H43N3O4S. The maximum absolute atomic E-state index is 14.2. The molecule has 0 aliphatic carbocycles. The Bertz CT molecular complexity index is 1440. The van der Waals surface area contributed by atoms with Crippen LogP contribution in [0.4, 0.5) is 5.69 Å². The fourth-order valence-electron chi connectivity index (χ4n) is 4.77. The van der Waals surface area contributed by atoms with Crippen LogP contribution in [0.25, 0.3) is 0 Å². The van der Waals surface area contributed by atoms with Gasteiger partial charge in [-0.05, 0) is 69.4 Å². The Labute approximate surface area is 245 Å². The number of hydrogen-bond acceptors (Lipinski definition) is 4. The van der Waals surface area contributed by atoms with Gasteiger partial charge in [0.25, 0.3) is 10.0 Å². The first-order chi connectivity index (χ1) is 19.5. The van der Waals surface area contributed by atoms with Gasteiger partial charge in [0.1, 0.15) is 12.6 Å². The van der Waals surface area contributed by atoms with Crippen LogP contribution in [0.1, 0.15) is 62.8 Å². The van der Waals surface area contributed by atoms with Gasteiger partial charge in [-0.1, -0.05) is 86.5 Å². The summed E-state index contributed by atoms with van der Waals surface area (Å²) in [4.78, 5) is 29.3. The number of hydrogen-bond donors (Lipinski definition) is 1. The highest BCUT2D eigenvalue weighted by molar-refractivity contribution is 7.92. The fraction of sp³-hybridized carbons (Fsp3) is 0.394. The summed E-state index contributed by atoms with van der Waals surface area (Å²) in [7, 11) is -4.10. The van der Waals surface area contributed by atoms with Crippen molar-refractivity contribution in [1.29, 1.82) is 0 Å². The van der Waals surface area contributed by atoms with E-state index in [4.69, 9.17) is 0 Å². The van der Waals surface area contributed by atoms with Crippen LogP contribution in [0.5, 0.6) is 0 Å². The zero-order valence-electron chi connectivity index (χ0n) is 25.1. The predicted octanol–water partition coefficient (Wildman–Crippen LogP) is 5.78. The van der Waals surface area contributed by atoms with Crippen LogP contribution >= 0.6 is 0 Å². The first-order valence-electron chi connectivity index (χ1n) is 14.3. The van der Waals surface area contributed by atoms with Crippen molar-refractivity contribution in [2.24, 2.45) is 0 Å². The second-order valence-electron chi connectivity index (χ2n) is 10.6. The number of amides is 2. The smallest absolute Gasteiger partial charge is 0.264 e. The molecule has 0 saturated heterocycles. The number of benzene rings is 3. The summed E-state index contributed by atoms with van der Waals surface area (Å²) < 4.78 is 29.4. The van der Waals surface area contributed by atoms with E-state index < -0.39 is 28.5 Å². The van der Waals surface area contributed by atoms with Crippen molar-refractivity contribution in [2.75, 3.05) is 10.8 Å². The lowest BCUT2D eigenvalue weighted by Crippen LogP contribution is -2.53. The lowest BCUT2D eigenvalue weighted by atomic mass is 10.1. The summed E-state index contributed by atoms with van der Waals surface area (Å²) in [6.45, 7) is 11.3. The van der Waals surface area contributed by atoms with E-state index in [1.54, 1.807) is 36.4 Å². The normalized spacial score (nSPS) is 12.8. The molecule has 3 rings (SSSR count). The second kappa shape index (κ2) is 14.3. The molecule has 41 heavy (non-hydrogen) atoms. The Kier molecular flexibility index (Phi) is 11.1. The van der Waals surface area contributed by atoms with Gasteiger partial charge in [0.2, 0.25) is 11.8 Å². The Hall–Kier alpha value is -3.65. The Morgan fingerprint density at radius 3 is 2.15 bits per heavy atom. The monoisotopic (exact) mass is 577 g/mol. The van der Waals surface area contributed by atoms with Crippen molar-refractivity contribution in [3.05, 3.63) is 95.1 Å². The van der Waals surface area contributed by atoms with Gasteiger partial charge in [0.05, 0.1) is 10.6 Å². The quantitative estimate of drug-likeness (QED) is 0.279. The second-order valence-corrected chi connectivity index (χ2v) is 12.4. The zero-order chi connectivity index (χ0) is 30.2. The van der Waals surface area contributed by atoms with Crippen molar-refractivity contribution < 1.29 is 18.0 Å². The van der Waals surface area contributed by atoms with Gasteiger partial charge >= 0.3 is 0 Å².